The zero-order valence-electron chi connectivity index (χ0n) is 11.0. The van der Waals surface area contributed by atoms with Crippen LogP contribution in [0.25, 0.3) is 10.6 Å². The van der Waals surface area contributed by atoms with Crippen molar-refractivity contribution in [1.29, 1.82) is 0 Å². The van der Waals surface area contributed by atoms with E-state index < -0.39 is 5.60 Å². The molecule has 0 aliphatic heterocycles. The zero-order valence-corrected chi connectivity index (χ0v) is 11.8. The lowest BCUT2D eigenvalue weighted by atomic mass is 10.1. The van der Waals surface area contributed by atoms with Crippen molar-refractivity contribution in [2.24, 2.45) is 0 Å². The lowest BCUT2D eigenvalue weighted by molar-refractivity contribution is 0.0817. The Balaban J connectivity index is 2.46. The molecule has 4 heteroatoms. The standard InChI is InChI=1S/C14H17NO2S/c1-9-12(14(2,3)16)18-13(15-9)10-6-5-7-11(8-10)17-4/h5-8,16H,1-4H3. The maximum absolute atomic E-state index is 10.1. The van der Waals surface area contributed by atoms with Gasteiger partial charge in [-0.05, 0) is 32.9 Å². The SMILES string of the molecule is COc1cccc(-c2nc(C)c(C(C)(C)O)s2)c1. The first kappa shape index (κ1) is 13.1. The van der Waals surface area contributed by atoms with Crippen LogP contribution in [-0.4, -0.2) is 17.2 Å². The number of rotatable bonds is 3. The summed E-state index contributed by atoms with van der Waals surface area (Å²) in [6.45, 7) is 5.49. The van der Waals surface area contributed by atoms with Crippen molar-refractivity contribution in [2.45, 2.75) is 26.4 Å². The van der Waals surface area contributed by atoms with E-state index in [4.69, 9.17) is 4.74 Å². The van der Waals surface area contributed by atoms with Gasteiger partial charge >= 0.3 is 0 Å². The summed E-state index contributed by atoms with van der Waals surface area (Å²) >= 11 is 1.52. The molecule has 2 aromatic rings. The quantitative estimate of drug-likeness (QED) is 0.923. The number of benzene rings is 1. The van der Waals surface area contributed by atoms with E-state index in [0.29, 0.717) is 0 Å². The van der Waals surface area contributed by atoms with Crippen molar-refractivity contribution in [1.82, 2.24) is 4.98 Å². The zero-order chi connectivity index (χ0) is 13.3. The lowest BCUT2D eigenvalue weighted by Crippen LogP contribution is -2.14. The highest BCUT2D eigenvalue weighted by Crippen LogP contribution is 2.35. The lowest BCUT2D eigenvalue weighted by Gasteiger charge is -2.14. The number of aryl methyl sites for hydroxylation is 1. The summed E-state index contributed by atoms with van der Waals surface area (Å²) in [5, 5.41) is 11.0. The van der Waals surface area contributed by atoms with Gasteiger partial charge in [-0.25, -0.2) is 4.98 Å². The Kier molecular flexibility index (Phi) is 3.41. The van der Waals surface area contributed by atoms with Gasteiger partial charge in [0, 0.05) is 5.56 Å². The van der Waals surface area contributed by atoms with E-state index >= 15 is 0 Å². The minimum Gasteiger partial charge on any atom is -0.497 e. The second-order valence-electron chi connectivity index (χ2n) is 4.72. The largest absolute Gasteiger partial charge is 0.497 e. The molecule has 1 aromatic heterocycles. The average molecular weight is 263 g/mol. The topological polar surface area (TPSA) is 42.4 Å². The minimum absolute atomic E-state index is 0.810. The van der Waals surface area contributed by atoms with Gasteiger partial charge in [-0.3, -0.25) is 0 Å². The molecule has 0 unspecified atom stereocenters. The van der Waals surface area contributed by atoms with E-state index in [1.807, 2.05) is 31.2 Å². The van der Waals surface area contributed by atoms with Crippen LogP contribution in [0, 0.1) is 6.92 Å². The minimum atomic E-state index is -0.848. The molecule has 0 saturated heterocycles. The second-order valence-corrected chi connectivity index (χ2v) is 5.72. The maximum atomic E-state index is 10.1. The Morgan fingerprint density at radius 1 is 1.33 bits per heavy atom. The van der Waals surface area contributed by atoms with Crippen molar-refractivity contribution in [2.75, 3.05) is 7.11 Å². The molecule has 2 rings (SSSR count). The number of aromatic nitrogens is 1. The Morgan fingerprint density at radius 2 is 2.06 bits per heavy atom. The molecule has 1 aromatic carbocycles. The number of methoxy groups -OCH3 is 1. The van der Waals surface area contributed by atoms with Crippen LogP contribution in [0.3, 0.4) is 0 Å². The van der Waals surface area contributed by atoms with Crippen LogP contribution in [0.2, 0.25) is 0 Å². The van der Waals surface area contributed by atoms with Crippen molar-refractivity contribution < 1.29 is 9.84 Å². The van der Waals surface area contributed by atoms with Gasteiger partial charge in [0.05, 0.1) is 23.3 Å². The third-order valence-electron chi connectivity index (χ3n) is 2.67. The fourth-order valence-electron chi connectivity index (χ4n) is 1.84. The Morgan fingerprint density at radius 3 is 2.61 bits per heavy atom. The smallest absolute Gasteiger partial charge is 0.124 e. The summed E-state index contributed by atoms with van der Waals surface area (Å²) < 4.78 is 5.21. The van der Waals surface area contributed by atoms with Crippen molar-refractivity contribution >= 4 is 11.3 Å². The summed E-state index contributed by atoms with van der Waals surface area (Å²) in [7, 11) is 1.65. The summed E-state index contributed by atoms with van der Waals surface area (Å²) in [5.74, 6) is 0.810. The second kappa shape index (κ2) is 4.71. The fourth-order valence-corrected chi connectivity index (χ4v) is 2.91. The van der Waals surface area contributed by atoms with Gasteiger partial charge in [-0.2, -0.15) is 0 Å². The molecule has 0 bridgehead atoms. The van der Waals surface area contributed by atoms with Crippen molar-refractivity contribution in [3.63, 3.8) is 0 Å². The fraction of sp³-hybridized carbons (Fsp3) is 0.357. The normalized spacial score (nSPS) is 11.6. The van der Waals surface area contributed by atoms with Gasteiger partial charge in [0.1, 0.15) is 10.8 Å². The molecule has 0 radical (unpaired) electrons. The molecular weight excluding hydrogens is 246 g/mol. The van der Waals surface area contributed by atoms with Crippen molar-refractivity contribution in [3.05, 3.63) is 34.8 Å². The predicted molar refractivity (Wildman–Crippen MR) is 74.1 cm³/mol. The molecule has 1 heterocycles. The molecule has 0 atom stereocenters. The molecule has 0 spiro atoms. The molecule has 3 nitrogen and oxygen atoms in total. The van der Waals surface area contributed by atoms with E-state index in [9.17, 15) is 5.11 Å². The first-order valence-corrected chi connectivity index (χ1v) is 6.58. The molecule has 1 N–H and O–H groups in total. The van der Waals surface area contributed by atoms with Crippen LogP contribution >= 0.6 is 11.3 Å². The summed E-state index contributed by atoms with van der Waals surface area (Å²) in [6.07, 6.45) is 0. The van der Waals surface area contributed by atoms with E-state index in [-0.39, 0.29) is 0 Å². The third kappa shape index (κ3) is 2.54. The van der Waals surface area contributed by atoms with Crippen LogP contribution in [0.1, 0.15) is 24.4 Å². The van der Waals surface area contributed by atoms with Crippen LogP contribution in [0.4, 0.5) is 0 Å². The summed E-state index contributed by atoms with van der Waals surface area (Å²) in [4.78, 5) is 5.43. The Hall–Kier alpha value is -1.39. The molecular formula is C14H17NO2S. The number of nitrogens with zero attached hydrogens (tertiary/aromatic N) is 1. The van der Waals surface area contributed by atoms with Gasteiger partial charge in [0.25, 0.3) is 0 Å². The predicted octanol–water partition coefficient (Wildman–Crippen LogP) is 3.35. The van der Waals surface area contributed by atoms with E-state index in [0.717, 1.165) is 26.9 Å². The maximum Gasteiger partial charge on any atom is 0.124 e. The van der Waals surface area contributed by atoms with Crippen LogP contribution in [-0.2, 0) is 5.60 Å². The van der Waals surface area contributed by atoms with E-state index in [1.54, 1.807) is 21.0 Å². The highest BCUT2D eigenvalue weighted by molar-refractivity contribution is 7.15. The monoisotopic (exact) mass is 263 g/mol. The average Bonchev–Trinajstić information content (AvgIpc) is 2.71. The highest BCUT2D eigenvalue weighted by atomic mass is 32.1. The molecule has 0 amide bonds. The number of thiazole rings is 1. The van der Waals surface area contributed by atoms with Gasteiger partial charge < -0.3 is 9.84 Å². The Bertz CT molecular complexity index is 555. The molecule has 0 saturated carbocycles. The van der Waals surface area contributed by atoms with Crippen LogP contribution < -0.4 is 4.74 Å². The number of hydrogen-bond donors (Lipinski definition) is 1. The number of ether oxygens (including phenoxy) is 1. The van der Waals surface area contributed by atoms with Crippen LogP contribution in [0.5, 0.6) is 5.75 Å². The number of hydrogen-bond acceptors (Lipinski definition) is 4. The number of aliphatic hydroxyl groups is 1. The van der Waals surface area contributed by atoms with Gasteiger partial charge in [0.15, 0.2) is 0 Å². The molecule has 18 heavy (non-hydrogen) atoms. The van der Waals surface area contributed by atoms with Gasteiger partial charge in [-0.15, -0.1) is 11.3 Å². The summed E-state index contributed by atoms with van der Waals surface area (Å²) in [6, 6.07) is 7.79. The van der Waals surface area contributed by atoms with E-state index in [2.05, 4.69) is 4.98 Å². The third-order valence-corrected chi connectivity index (χ3v) is 4.19. The Labute approximate surface area is 111 Å². The molecule has 96 valence electrons. The molecule has 0 aliphatic rings. The first-order valence-electron chi connectivity index (χ1n) is 5.76. The van der Waals surface area contributed by atoms with Crippen molar-refractivity contribution in [3.8, 4) is 16.3 Å². The van der Waals surface area contributed by atoms with Crippen LogP contribution in [0.15, 0.2) is 24.3 Å². The summed E-state index contributed by atoms with van der Waals surface area (Å²) in [5.41, 5.74) is 1.04. The highest BCUT2D eigenvalue weighted by Gasteiger charge is 2.23. The van der Waals surface area contributed by atoms with Gasteiger partial charge in [-0.1, -0.05) is 12.1 Å². The molecule has 0 aliphatic carbocycles. The van der Waals surface area contributed by atoms with Gasteiger partial charge in [0.2, 0.25) is 0 Å². The first-order chi connectivity index (χ1) is 8.41. The van der Waals surface area contributed by atoms with E-state index in [1.165, 1.54) is 11.3 Å². The molecule has 0 fully saturated rings.